The number of hydrogen-bond donors (Lipinski definition) is 0. The highest BCUT2D eigenvalue weighted by molar-refractivity contribution is 6.09. The fourth-order valence-corrected chi connectivity index (χ4v) is 5.13. The molecule has 0 aromatic heterocycles. The van der Waals surface area contributed by atoms with Gasteiger partial charge in [-0.25, -0.2) is 0 Å². The van der Waals surface area contributed by atoms with Gasteiger partial charge in [0.25, 0.3) is 0 Å². The van der Waals surface area contributed by atoms with Crippen molar-refractivity contribution >= 4 is 33.7 Å². The van der Waals surface area contributed by atoms with E-state index >= 15 is 0 Å². The molecule has 2 aliphatic carbocycles. The largest absolute Gasteiger partial charge is 0.0616 e. The zero-order chi connectivity index (χ0) is 18.2. The van der Waals surface area contributed by atoms with Crippen LogP contribution in [-0.4, -0.2) is 0 Å². The van der Waals surface area contributed by atoms with Crippen molar-refractivity contribution in [2.45, 2.75) is 0 Å². The molecule has 0 bridgehead atoms. The van der Waals surface area contributed by atoms with E-state index in [1.54, 1.807) is 0 Å². The quantitative estimate of drug-likeness (QED) is 0.342. The first kappa shape index (κ1) is 14.4. The van der Waals surface area contributed by atoms with Crippen LogP contribution in [0.1, 0.15) is 11.1 Å². The van der Waals surface area contributed by atoms with Crippen LogP contribution in [-0.2, 0) is 0 Å². The maximum absolute atomic E-state index is 2.33. The van der Waals surface area contributed by atoms with Crippen molar-refractivity contribution < 1.29 is 0 Å². The van der Waals surface area contributed by atoms with Gasteiger partial charge >= 0.3 is 0 Å². The summed E-state index contributed by atoms with van der Waals surface area (Å²) in [5.74, 6) is 0. The summed E-state index contributed by atoms with van der Waals surface area (Å²) < 4.78 is 0. The molecule has 0 heterocycles. The summed E-state index contributed by atoms with van der Waals surface area (Å²) in [5.41, 5.74) is 2.65. The molecule has 5 aromatic carbocycles. The highest BCUT2D eigenvalue weighted by Gasteiger charge is 2.11. The van der Waals surface area contributed by atoms with Crippen molar-refractivity contribution in [2.24, 2.45) is 0 Å². The topological polar surface area (TPSA) is 0 Å². The van der Waals surface area contributed by atoms with Crippen LogP contribution in [0.2, 0.25) is 0 Å². The van der Waals surface area contributed by atoms with Gasteiger partial charge in [0.15, 0.2) is 0 Å². The van der Waals surface area contributed by atoms with Gasteiger partial charge in [-0.05, 0) is 76.1 Å². The molecule has 0 saturated heterocycles. The number of rotatable bonds is 0. The lowest BCUT2D eigenvalue weighted by molar-refractivity contribution is 1.50. The lowest BCUT2D eigenvalue weighted by Gasteiger charge is -2.08. The molecule has 128 valence electrons. The summed E-state index contributed by atoms with van der Waals surface area (Å²) in [7, 11) is 0. The van der Waals surface area contributed by atoms with Crippen LogP contribution in [0.5, 0.6) is 0 Å². The first-order chi connectivity index (χ1) is 13.9. The van der Waals surface area contributed by atoms with Crippen molar-refractivity contribution in [3.05, 3.63) is 127 Å². The van der Waals surface area contributed by atoms with Gasteiger partial charge in [0.1, 0.15) is 0 Å². The summed E-state index contributed by atoms with van der Waals surface area (Å²) in [6.07, 6.45) is 4.62. The van der Waals surface area contributed by atoms with Gasteiger partial charge in [-0.3, -0.25) is 0 Å². The highest BCUT2D eigenvalue weighted by Crippen LogP contribution is 2.31. The van der Waals surface area contributed by atoms with Crippen molar-refractivity contribution in [2.75, 3.05) is 0 Å². The molecular formula is C28H16. The third kappa shape index (κ3) is 1.70. The van der Waals surface area contributed by atoms with Crippen molar-refractivity contribution in [1.29, 1.82) is 0 Å². The van der Waals surface area contributed by atoms with Crippen molar-refractivity contribution in [3.8, 4) is 0 Å². The van der Waals surface area contributed by atoms with Gasteiger partial charge in [-0.2, -0.15) is 0 Å². The van der Waals surface area contributed by atoms with E-state index in [0.717, 1.165) is 0 Å². The van der Waals surface area contributed by atoms with Crippen LogP contribution in [0.3, 0.4) is 0 Å². The smallest absolute Gasteiger partial charge is 0.00264 e. The lowest BCUT2D eigenvalue weighted by atomic mass is 9.96. The Bertz CT molecular complexity index is 1670. The van der Waals surface area contributed by atoms with Crippen molar-refractivity contribution in [1.82, 2.24) is 0 Å². The molecule has 0 radical (unpaired) electrons. The van der Waals surface area contributed by atoms with E-state index in [1.165, 1.54) is 64.0 Å². The maximum atomic E-state index is 2.33. The molecule has 5 aromatic rings. The van der Waals surface area contributed by atoms with Crippen LogP contribution in [0.4, 0.5) is 0 Å². The third-order valence-corrected chi connectivity index (χ3v) is 6.34. The van der Waals surface area contributed by atoms with Crippen LogP contribution in [0, 0.1) is 20.9 Å². The first-order valence-electron chi connectivity index (χ1n) is 9.79. The second-order valence-corrected chi connectivity index (χ2v) is 7.78. The molecule has 2 aliphatic rings. The van der Waals surface area contributed by atoms with Crippen LogP contribution in [0.15, 0.2) is 84.9 Å². The number of benzene rings is 5. The molecule has 0 aliphatic heterocycles. The molecule has 0 unspecified atom stereocenters. The zero-order valence-corrected chi connectivity index (χ0v) is 15.2. The maximum Gasteiger partial charge on any atom is -0.00264 e. The molecule has 7 rings (SSSR count). The molecule has 0 N–H and O–H groups in total. The fraction of sp³-hybridized carbons (Fsp3) is 0. The Kier molecular flexibility index (Phi) is 2.57. The van der Waals surface area contributed by atoms with Gasteiger partial charge in [0.05, 0.1) is 0 Å². The first-order valence-corrected chi connectivity index (χ1v) is 9.79. The molecule has 0 amide bonds. The van der Waals surface area contributed by atoms with E-state index in [1.807, 2.05) is 0 Å². The van der Waals surface area contributed by atoms with Crippen molar-refractivity contribution in [3.63, 3.8) is 0 Å². The third-order valence-electron chi connectivity index (χ3n) is 6.34. The van der Waals surface area contributed by atoms with E-state index in [0.29, 0.717) is 0 Å². The minimum atomic E-state index is 1.32. The number of hydrogen-bond acceptors (Lipinski definition) is 0. The average molecular weight is 352 g/mol. The summed E-state index contributed by atoms with van der Waals surface area (Å²) >= 11 is 0. The van der Waals surface area contributed by atoms with Gasteiger partial charge in [0.2, 0.25) is 0 Å². The van der Waals surface area contributed by atoms with Crippen LogP contribution < -0.4 is 10.4 Å². The molecule has 0 fully saturated rings. The van der Waals surface area contributed by atoms with E-state index in [4.69, 9.17) is 0 Å². The van der Waals surface area contributed by atoms with E-state index in [2.05, 4.69) is 97.1 Å². The standard InChI is InChI=1S/C28H16/c1-3-7-21-17(5-1)15-19-9-11-23-24-12-10-20-16-18-6-2-4-8-22(18)28(20)26(24)14-13-25(23)27(19)21/h1-16H. The van der Waals surface area contributed by atoms with Gasteiger partial charge < -0.3 is 0 Å². The van der Waals surface area contributed by atoms with Crippen LogP contribution in [0.25, 0.3) is 33.7 Å². The summed E-state index contributed by atoms with van der Waals surface area (Å²) in [6.45, 7) is 0. The minimum Gasteiger partial charge on any atom is -0.0616 e. The number of fused-ring (bicyclic) bond motifs is 9. The minimum absolute atomic E-state index is 1.32. The lowest BCUT2D eigenvalue weighted by Crippen LogP contribution is -1.97. The highest BCUT2D eigenvalue weighted by atomic mass is 14.1. The molecule has 0 nitrogen and oxygen atoms in total. The zero-order valence-electron chi connectivity index (χ0n) is 15.2. The Labute approximate surface area is 161 Å². The molecule has 0 heteroatoms. The molecular weight excluding hydrogens is 336 g/mol. The Morgan fingerprint density at radius 1 is 0.357 bits per heavy atom. The Morgan fingerprint density at radius 2 is 0.786 bits per heavy atom. The van der Waals surface area contributed by atoms with Gasteiger partial charge in [-0.1, -0.05) is 84.9 Å². The fourth-order valence-electron chi connectivity index (χ4n) is 5.13. The normalized spacial score (nSPS) is 12.9. The van der Waals surface area contributed by atoms with E-state index in [-0.39, 0.29) is 0 Å². The van der Waals surface area contributed by atoms with E-state index < -0.39 is 0 Å². The molecule has 0 saturated carbocycles. The van der Waals surface area contributed by atoms with Gasteiger partial charge in [-0.15, -0.1) is 0 Å². The SMILES string of the molecule is C1=c2ccccc2=c2c1ccc1c2ccc2c3c(ccc21)C=c1ccccc1=3. The van der Waals surface area contributed by atoms with Crippen LogP contribution >= 0.6 is 0 Å². The predicted molar refractivity (Wildman–Crippen MR) is 116 cm³/mol. The second kappa shape index (κ2) is 4.99. The second-order valence-electron chi connectivity index (χ2n) is 7.78. The Morgan fingerprint density at radius 3 is 1.29 bits per heavy atom. The summed E-state index contributed by atoms with van der Waals surface area (Å²) in [6, 6.07) is 31.3. The van der Waals surface area contributed by atoms with Gasteiger partial charge in [0, 0.05) is 0 Å². The molecule has 28 heavy (non-hydrogen) atoms. The van der Waals surface area contributed by atoms with E-state index in [9.17, 15) is 0 Å². The summed E-state index contributed by atoms with van der Waals surface area (Å²) in [4.78, 5) is 0. The molecule has 0 atom stereocenters. The predicted octanol–water partition coefficient (Wildman–Crippen LogP) is 4.85. The Hall–Kier alpha value is -3.64. The summed E-state index contributed by atoms with van der Waals surface area (Å²) in [5, 5.41) is 13.5. The Balaban J connectivity index is 1.76. The molecule has 0 spiro atoms. The monoisotopic (exact) mass is 352 g/mol. The average Bonchev–Trinajstić information content (AvgIpc) is 3.31.